The van der Waals surface area contributed by atoms with Crippen molar-refractivity contribution in [2.75, 3.05) is 37.7 Å². The quantitative estimate of drug-likeness (QED) is 0.736. The van der Waals surface area contributed by atoms with Crippen molar-refractivity contribution in [3.05, 3.63) is 46.1 Å². The Morgan fingerprint density at radius 3 is 2.36 bits per heavy atom. The van der Waals surface area contributed by atoms with Crippen LogP contribution < -0.4 is 9.64 Å². The van der Waals surface area contributed by atoms with Crippen molar-refractivity contribution < 1.29 is 22.7 Å². The Bertz CT molecular complexity index is 841. The van der Waals surface area contributed by atoms with E-state index in [9.17, 15) is 18.0 Å². The molecule has 1 fully saturated rings. The van der Waals surface area contributed by atoms with Gasteiger partial charge < -0.3 is 14.5 Å². The number of hydrogen-bond acceptors (Lipinski definition) is 5. The van der Waals surface area contributed by atoms with Gasteiger partial charge in [0.1, 0.15) is 5.75 Å². The first-order chi connectivity index (χ1) is 13.2. The van der Waals surface area contributed by atoms with Gasteiger partial charge in [0.15, 0.2) is 18.1 Å². The van der Waals surface area contributed by atoms with Crippen LogP contribution >= 0.6 is 23.2 Å². The van der Waals surface area contributed by atoms with Crippen LogP contribution in [0, 0.1) is 0 Å². The number of rotatable bonds is 4. The Balaban J connectivity index is 1.51. The highest BCUT2D eigenvalue weighted by Gasteiger charge is 2.33. The van der Waals surface area contributed by atoms with Gasteiger partial charge in [-0.15, -0.1) is 10.2 Å². The zero-order valence-electron chi connectivity index (χ0n) is 14.4. The van der Waals surface area contributed by atoms with Gasteiger partial charge in [-0.3, -0.25) is 4.79 Å². The predicted molar refractivity (Wildman–Crippen MR) is 97.8 cm³/mol. The molecule has 0 bridgehead atoms. The van der Waals surface area contributed by atoms with Gasteiger partial charge in [-0.1, -0.05) is 23.2 Å². The molecule has 150 valence electrons. The number of hydrogen-bond donors (Lipinski definition) is 0. The molecule has 0 unspecified atom stereocenters. The molecule has 0 aliphatic carbocycles. The van der Waals surface area contributed by atoms with Crippen molar-refractivity contribution in [2.24, 2.45) is 0 Å². The maximum Gasteiger partial charge on any atom is 0.435 e. The lowest BCUT2D eigenvalue weighted by Crippen LogP contribution is -2.50. The van der Waals surface area contributed by atoms with Gasteiger partial charge in [0.05, 0.1) is 5.02 Å². The van der Waals surface area contributed by atoms with Crippen molar-refractivity contribution in [1.82, 2.24) is 15.1 Å². The summed E-state index contributed by atoms with van der Waals surface area (Å²) in [7, 11) is 0. The van der Waals surface area contributed by atoms with Gasteiger partial charge in [0.25, 0.3) is 5.91 Å². The second-order valence-electron chi connectivity index (χ2n) is 6.01. The maximum atomic E-state index is 12.6. The number of nitrogens with zero attached hydrogens (tertiary/aromatic N) is 4. The summed E-state index contributed by atoms with van der Waals surface area (Å²) in [5.74, 6) is 0.478. The van der Waals surface area contributed by atoms with E-state index < -0.39 is 11.9 Å². The highest BCUT2D eigenvalue weighted by Crippen LogP contribution is 2.28. The molecular weight excluding hydrogens is 420 g/mol. The van der Waals surface area contributed by atoms with Gasteiger partial charge in [-0.2, -0.15) is 13.2 Å². The molecule has 1 aliphatic heterocycles. The van der Waals surface area contributed by atoms with Crippen molar-refractivity contribution >= 4 is 34.9 Å². The first-order valence-electron chi connectivity index (χ1n) is 8.25. The van der Waals surface area contributed by atoms with Gasteiger partial charge in [-0.05, 0) is 30.3 Å². The minimum atomic E-state index is -4.52. The van der Waals surface area contributed by atoms with Crippen molar-refractivity contribution in [2.45, 2.75) is 6.18 Å². The number of alkyl halides is 3. The minimum Gasteiger partial charge on any atom is -0.482 e. The van der Waals surface area contributed by atoms with Gasteiger partial charge in [0, 0.05) is 31.2 Å². The van der Waals surface area contributed by atoms with Crippen LogP contribution in [0.4, 0.5) is 19.0 Å². The van der Waals surface area contributed by atoms with Crippen molar-refractivity contribution in [3.8, 4) is 5.75 Å². The molecular formula is C17H15Cl2F3N4O2. The van der Waals surface area contributed by atoms with Crippen LogP contribution in [0.2, 0.25) is 10.0 Å². The summed E-state index contributed by atoms with van der Waals surface area (Å²) in [6.45, 7) is 1.45. The second kappa shape index (κ2) is 8.40. The monoisotopic (exact) mass is 434 g/mol. The maximum absolute atomic E-state index is 12.6. The largest absolute Gasteiger partial charge is 0.482 e. The van der Waals surface area contributed by atoms with Crippen molar-refractivity contribution in [1.29, 1.82) is 0 Å². The SMILES string of the molecule is O=C(COc1ccc(Cl)cc1Cl)N1CCN(c2ccc(C(F)(F)F)nn2)CC1. The molecule has 0 radical (unpaired) electrons. The Labute approximate surface area is 168 Å². The van der Waals surface area contributed by atoms with Gasteiger partial charge >= 0.3 is 6.18 Å². The summed E-state index contributed by atoms with van der Waals surface area (Å²) in [5, 5.41) is 7.63. The number of piperazine rings is 1. The Morgan fingerprint density at radius 1 is 1.07 bits per heavy atom. The first kappa shape index (κ1) is 20.5. The van der Waals surface area contributed by atoms with Crippen LogP contribution in [0.15, 0.2) is 30.3 Å². The minimum absolute atomic E-state index is 0.179. The average Bonchev–Trinajstić information content (AvgIpc) is 2.67. The van der Waals surface area contributed by atoms with E-state index in [4.69, 9.17) is 27.9 Å². The fourth-order valence-electron chi connectivity index (χ4n) is 2.65. The fraction of sp³-hybridized carbons (Fsp3) is 0.353. The molecule has 28 heavy (non-hydrogen) atoms. The van der Waals surface area contributed by atoms with E-state index in [1.807, 2.05) is 0 Å². The summed E-state index contributed by atoms with van der Waals surface area (Å²) in [6.07, 6.45) is -4.52. The smallest absolute Gasteiger partial charge is 0.435 e. The van der Waals surface area contributed by atoms with E-state index in [1.165, 1.54) is 12.1 Å². The molecule has 0 spiro atoms. The van der Waals surface area contributed by atoms with Crippen LogP contribution in [0.1, 0.15) is 5.69 Å². The summed E-state index contributed by atoms with van der Waals surface area (Å²) in [4.78, 5) is 15.7. The highest BCUT2D eigenvalue weighted by molar-refractivity contribution is 6.35. The Morgan fingerprint density at radius 2 is 1.79 bits per heavy atom. The molecule has 0 N–H and O–H groups in total. The van der Waals surface area contributed by atoms with E-state index in [-0.39, 0.29) is 12.5 Å². The number of aromatic nitrogens is 2. The average molecular weight is 435 g/mol. The lowest BCUT2D eigenvalue weighted by atomic mass is 10.3. The number of benzene rings is 1. The third kappa shape index (κ3) is 4.96. The number of halogens is 5. The molecule has 0 saturated carbocycles. The Kier molecular flexibility index (Phi) is 6.14. The lowest BCUT2D eigenvalue weighted by Gasteiger charge is -2.35. The Hall–Kier alpha value is -2.26. The summed E-state index contributed by atoms with van der Waals surface area (Å²) in [6, 6.07) is 6.88. The van der Waals surface area contributed by atoms with Gasteiger partial charge in [-0.25, -0.2) is 0 Å². The number of anilines is 1. The van der Waals surface area contributed by atoms with Crippen LogP contribution in [-0.4, -0.2) is 53.8 Å². The van der Waals surface area contributed by atoms with Crippen LogP contribution in [0.5, 0.6) is 5.75 Å². The van der Waals surface area contributed by atoms with Gasteiger partial charge in [0.2, 0.25) is 0 Å². The number of ether oxygens (including phenoxy) is 1. The topological polar surface area (TPSA) is 58.6 Å². The number of carbonyl (C=O) groups excluding carboxylic acids is 1. The zero-order chi connectivity index (χ0) is 20.3. The summed E-state index contributed by atoms with van der Waals surface area (Å²) < 4.78 is 43.1. The summed E-state index contributed by atoms with van der Waals surface area (Å²) in [5.41, 5.74) is -1.04. The van der Waals surface area contributed by atoms with E-state index in [1.54, 1.807) is 21.9 Å². The third-order valence-electron chi connectivity index (χ3n) is 4.14. The standard InChI is InChI=1S/C17H15Cl2F3N4O2/c18-11-1-2-13(12(19)9-11)28-10-16(27)26-7-5-25(6-8-26)15-4-3-14(23-24-15)17(20,21)22/h1-4,9H,5-8,10H2. The molecule has 1 aliphatic rings. The van der Waals surface area contributed by atoms with E-state index in [2.05, 4.69) is 10.2 Å². The molecule has 1 saturated heterocycles. The molecule has 0 atom stereocenters. The molecule has 11 heteroatoms. The van der Waals surface area contributed by atoms with E-state index in [0.717, 1.165) is 6.07 Å². The zero-order valence-corrected chi connectivity index (χ0v) is 15.9. The molecule has 1 amide bonds. The molecule has 1 aromatic carbocycles. The molecule has 2 aromatic rings. The second-order valence-corrected chi connectivity index (χ2v) is 6.85. The lowest BCUT2D eigenvalue weighted by molar-refractivity contribution is -0.141. The molecule has 2 heterocycles. The summed E-state index contributed by atoms with van der Waals surface area (Å²) >= 11 is 11.8. The molecule has 6 nitrogen and oxygen atoms in total. The van der Waals surface area contributed by atoms with Crippen LogP contribution in [0.25, 0.3) is 0 Å². The number of amides is 1. The van der Waals surface area contributed by atoms with Crippen LogP contribution in [-0.2, 0) is 11.0 Å². The molecule has 3 rings (SSSR count). The van der Waals surface area contributed by atoms with Crippen LogP contribution in [0.3, 0.4) is 0 Å². The molecule has 1 aromatic heterocycles. The van der Waals surface area contributed by atoms with E-state index in [0.29, 0.717) is 47.8 Å². The first-order valence-corrected chi connectivity index (χ1v) is 9.01. The predicted octanol–water partition coefficient (Wildman–Crippen LogP) is 3.53. The fourth-order valence-corrected chi connectivity index (χ4v) is 3.12. The third-order valence-corrected chi connectivity index (χ3v) is 4.67. The highest BCUT2D eigenvalue weighted by atomic mass is 35.5. The van der Waals surface area contributed by atoms with Crippen molar-refractivity contribution in [3.63, 3.8) is 0 Å². The normalized spacial score (nSPS) is 14.9. The number of carbonyl (C=O) groups is 1. The van der Waals surface area contributed by atoms with E-state index >= 15 is 0 Å².